The summed E-state index contributed by atoms with van der Waals surface area (Å²) in [5.74, 6) is 5.53. The van der Waals surface area contributed by atoms with Crippen LogP contribution in [-0.2, 0) is 0 Å². The fourth-order valence-electron chi connectivity index (χ4n) is 4.08. The fourth-order valence-corrected chi connectivity index (χ4v) is 4.08. The lowest BCUT2D eigenvalue weighted by atomic mass is 10.0. The number of benzene rings is 1. The monoisotopic (exact) mass is 548 g/mol. The maximum Gasteiger partial charge on any atom is 0.415 e. The molecule has 3 heterocycles. The molecule has 1 saturated heterocycles. The maximum absolute atomic E-state index is 13.2. The third kappa shape index (κ3) is 7.68. The van der Waals surface area contributed by atoms with Gasteiger partial charge in [0.05, 0.1) is 11.8 Å². The van der Waals surface area contributed by atoms with Crippen molar-refractivity contribution < 1.29 is 18.0 Å². The topological polar surface area (TPSA) is 65.8 Å². The predicted octanol–water partition coefficient (Wildman–Crippen LogP) is 4.36. The average Bonchev–Trinajstić information content (AvgIpc) is 3.34. The summed E-state index contributed by atoms with van der Waals surface area (Å²) >= 11 is 0. The van der Waals surface area contributed by atoms with E-state index in [2.05, 4.69) is 50.7 Å². The number of likely N-dealkylation sites (N-methyl/N-ethyl adjacent to an activating group) is 1. The van der Waals surface area contributed by atoms with E-state index in [-0.39, 0.29) is 11.3 Å². The molecule has 1 aromatic carbocycles. The Morgan fingerprint density at radius 2 is 1.95 bits per heavy atom. The van der Waals surface area contributed by atoms with Gasteiger partial charge in [0, 0.05) is 55.7 Å². The predicted molar refractivity (Wildman–Crippen MR) is 149 cm³/mol. The van der Waals surface area contributed by atoms with Crippen molar-refractivity contribution in [3.8, 4) is 11.8 Å². The Kier molecular flexibility index (Phi) is 9.19. The van der Waals surface area contributed by atoms with Crippen molar-refractivity contribution >= 4 is 11.6 Å². The fraction of sp³-hybridized carbons (Fsp3) is 0.300. The second-order valence-electron chi connectivity index (χ2n) is 9.63. The summed E-state index contributed by atoms with van der Waals surface area (Å²) in [6.07, 6.45) is 3.39. The van der Waals surface area contributed by atoms with Gasteiger partial charge < -0.3 is 15.1 Å². The Hall–Kier alpha value is -4.20. The van der Waals surface area contributed by atoms with Crippen LogP contribution in [0.4, 0.5) is 13.2 Å². The summed E-state index contributed by atoms with van der Waals surface area (Å²) in [7, 11) is 2.08. The van der Waals surface area contributed by atoms with Gasteiger partial charge in [-0.3, -0.25) is 4.79 Å². The number of aromatic nitrogens is 3. The lowest BCUT2D eigenvalue weighted by molar-refractivity contribution is -0.0879. The minimum absolute atomic E-state index is 0.00992. The van der Waals surface area contributed by atoms with E-state index >= 15 is 0 Å². The first kappa shape index (κ1) is 28.8. The van der Waals surface area contributed by atoms with Crippen LogP contribution in [0.25, 0.3) is 5.65 Å². The molecule has 10 heteroatoms. The molecule has 0 aliphatic carbocycles. The highest BCUT2D eigenvalue weighted by Gasteiger charge is 2.30. The van der Waals surface area contributed by atoms with E-state index in [4.69, 9.17) is 0 Å². The van der Waals surface area contributed by atoms with Crippen LogP contribution >= 0.6 is 0 Å². The van der Waals surface area contributed by atoms with E-state index in [0.717, 1.165) is 44.4 Å². The lowest BCUT2D eigenvalue weighted by Gasteiger charge is -2.32. The van der Waals surface area contributed by atoms with Crippen LogP contribution in [-0.4, -0.2) is 76.3 Å². The van der Waals surface area contributed by atoms with Crippen LogP contribution in [0, 0.1) is 18.8 Å². The minimum Gasteiger partial charge on any atom is -0.322 e. The van der Waals surface area contributed by atoms with Gasteiger partial charge in [0.1, 0.15) is 5.69 Å². The molecule has 1 N–H and O–H groups in total. The Balaban J connectivity index is 1.49. The maximum atomic E-state index is 13.2. The molecule has 0 spiro atoms. The summed E-state index contributed by atoms with van der Waals surface area (Å²) in [5, 5.41) is 6.84. The summed E-state index contributed by atoms with van der Waals surface area (Å²) in [4.78, 5) is 21.9. The molecular weight excluding hydrogens is 517 g/mol. The van der Waals surface area contributed by atoms with Crippen LogP contribution in [0.3, 0.4) is 0 Å². The first-order valence-electron chi connectivity index (χ1n) is 12.9. The number of amides is 1. The first-order valence-corrected chi connectivity index (χ1v) is 12.9. The smallest absolute Gasteiger partial charge is 0.322 e. The standard InChI is InChI=1S/C30H31F3N6O/c1-22-9-10-25(20-24(22)11-12-27-21-34-28-8-6-13-35-39(27)28)29(40)36-26(19-23(2)30(31,32)33)7-4-5-14-38-17-15-37(3)16-18-38/h4,6-10,13,19-21H,2,5,14-18H2,1,3H3,(H,36,40)/b7-4-,26-19+. The highest BCUT2D eigenvalue weighted by Crippen LogP contribution is 2.25. The number of hydrogen-bond acceptors (Lipinski definition) is 5. The molecule has 0 unspecified atom stereocenters. The molecule has 7 nitrogen and oxygen atoms in total. The van der Waals surface area contributed by atoms with E-state index in [1.54, 1.807) is 47.3 Å². The van der Waals surface area contributed by atoms with Crippen molar-refractivity contribution in [3.05, 3.63) is 101 Å². The van der Waals surface area contributed by atoms with Gasteiger partial charge in [-0.25, -0.2) is 9.50 Å². The molecule has 2 aromatic heterocycles. The third-order valence-corrected chi connectivity index (χ3v) is 6.56. The molecule has 208 valence electrons. The summed E-state index contributed by atoms with van der Waals surface area (Å²) in [6, 6.07) is 8.56. The average molecular weight is 549 g/mol. The zero-order chi connectivity index (χ0) is 28.7. The zero-order valence-electron chi connectivity index (χ0n) is 22.5. The molecule has 0 saturated carbocycles. The Morgan fingerprint density at radius 1 is 1.18 bits per heavy atom. The van der Waals surface area contributed by atoms with Crippen LogP contribution in [0.15, 0.2) is 78.8 Å². The normalized spacial score (nSPS) is 15.3. The molecule has 1 aliphatic rings. The first-order chi connectivity index (χ1) is 19.1. The molecule has 1 amide bonds. The van der Waals surface area contributed by atoms with Gasteiger partial charge in [-0.2, -0.15) is 18.3 Å². The van der Waals surface area contributed by atoms with E-state index in [1.165, 1.54) is 6.08 Å². The Labute approximate surface area is 231 Å². The SMILES string of the molecule is C=C(/C=C(\C=C/CCN1CCN(C)CC1)NC(=O)c1ccc(C)c(C#Cc2cnc3cccnn23)c1)C(F)(F)F. The molecule has 0 radical (unpaired) electrons. The number of nitrogens with one attached hydrogen (secondary N) is 1. The summed E-state index contributed by atoms with van der Waals surface area (Å²) < 4.78 is 41.2. The van der Waals surface area contributed by atoms with Gasteiger partial charge in [-0.05, 0) is 68.3 Å². The number of rotatable bonds is 7. The lowest BCUT2D eigenvalue weighted by Crippen LogP contribution is -2.44. The number of piperazine rings is 1. The van der Waals surface area contributed by atoms with E-state index in [9.17, 15) is 18.0 Å². The Bertz CT molecular complexity index is 1500. The van der Waals surface area contributed by atoms with Gasteiger partial charge in [-0.15, -0.1) is 0 Å². The number of hydrogen-bond donors (Lipinski definition) is 1. The molecule has 4 rings (SSSR count). The molecule has 0 atom stereocenters. The van der Waals surface area contributed by atoms with Crippen molar-refractivity contribution in [2.45, 2.75) is 19.5 Å². The number of nitrogens with zero attached hydrogens (tertiary/aromatic N) is 5. The number of carbonyl (C=O) groups is 1. The minimum atomic E-state index is -4.61. The van der Waals surface area contributed by atoms with Crippen LogP contribution in [0.1, 0.15) is 33.6 Å². The number of imidazole rings is 1. The summed E-state index contributed by atoms with van der Waals surface area (Å²) in [6.45, 7) is 9.62. The van der Waals surface area contributed by atoms with Gasteiger partial charge >= 0.3 is 6.18 Å². The molecule has 40 heavy (non-hydrogen) atoms. The van der Waals surface area contributed by atoms with Crippen molar-refractivity contribution in [2.24, 2.45) is 0 Å². The van der Waals surface area contributed by atoms with Crippen LogP contribution < -0.4 is 5.32 Å². The molecular formula is C30H31F3N6O. The van der Waals surface area contributed by atoms with Gasteiger partial charge in [-0.1, -0.05) is 24.6 Å². The number of fused-ring (bicyclic) bond motifs is 1. The van der Waals surface area contributed by atoms with Gasteiger partial charge in [0.25, 0.3) is 5.91 Å². The number of aryl methyl sites for hydroxylation is 1. The highest BCUT2D eigenvalue weighted by atomic mass is 19.4. The summed E-state index contributed by atoms with van der Waals surface area (Å²) in [5.41, 5.74) is 1.91. The zero-order valence-corrected chi connectivity index (χ0v) is 22.5. The number of alkyl halides is 3. The van der Waals surface area contributed by atoms with Gasteiger partial charge in [0.15, 0.2) is 5.65 Å². The van der Waals surface area contributed by atoms with Crippen molar-refractivity contribution in [3.63, 3.8) is 0 Å². The number of allylic oxidation sites excluding steroid dienone is 3. The van der Waals surface area contributed by atoms with E-state index in [1.807, 2.05) is 13.0 Å². The molecule has 1 fully saturated rings. The van der Waals surface area contributed by atoms with E-state index in [0.29, 0.717) is 23.3 Å². The van der Waals surface area contributed by atoms with Crippen molar-refractivity contribution in [2.75, 3.05) is 39.8 Å². The Morgan fingerprint density at radius 3 is 2.70 bits per heavy atom. The highest BCUT2D eigenvalue weighted by molar-refractivity contribution is 5.96. The molecule has 1 aliphatic heterocycles. The number of carbonyl (C=O) groups excluding carboxylic acids is 1. The van der Waals surface area contributed by atoms with Crippen molar-refractivity contribution in [1.82, 2.24) is 29.7 Å². The largest absolute Gasteiger partial charge is 0.415 e. The number of halogens is 3. The second kappa shape index (κ2) is 12.8. The van der Waals surface area contributed by atoms with Crippen molar-refractivity contribution in [1.29, 1.82) is 0 Å². The van der Waals surface area contributed by atoms with E-state index < -0.39 is 17.7 Å². The third-order valence-electron chi connectivity index (χ3n) is 6.56. The molecule has 0 bridgehead atoms. The molecule has 3 aromatic rings. The van der Waals surface area contributed by atoms with Crippen LogP contribution in [0.2, 0.25) is 0 Å². The van der Waals surface area contributed by atoms with Crippen LogP contribution in [0.5, 0.6) is 0 Å². The second-order valence-corrected chi connectivity index (χ2v) is 9.63. The van der Waals surface area contributed by atoms with Gasteiger partial charge in [0.2, 0.25) is 0 Å². The quantitative estimate of drug-likeness (QED) is 0.351.